The summed E-state index contributed by atoms with van der Waals surface area (Å²) in [5.74, 6) is -0.281. The van der Waals surface area contributed by atoms with Gasteiger partial charge in [0.25, 0.3) is 5.91 Å². The number of hydrazine groups is 1. The zero-order valence-electron chi connectivity index (χ0n) is 21.2. The van der Waals surface area contributed by atoms with Crippen molar-refractivity contribution in [3.05, 3.63) is 96.1 Å². The van der Waals surface area contributed by atoms with Crippen LogP contribution in [0.15, 0.2) is 84.9 Å². The molecule has 1 aliphatic rings. The molecule has 0 aromatic heterocycles. The van der Waals surface area contributed by atoms with Gasteiger partial charge in [0.05, 0.1) is 12.2 Å². The van der Waals surface area contributed by atoms with Gasteiger partial charge in [0.1, 0.15) is 6.04 Å². The standard InChI is InChI=1S/C30H34N4O3/c1-23(35)31-20-11-21-33(26-16-6-3-7-17-26)22-29(36)32-34-27-18-9-8-12-24(27)15-10-19-28(34)30(37)25-13-4-2-5-14-25/h2-9,12-14,16-18,28H,10-11,15,19-22H2,1H3,(H,31,35)(H,32,36). The summed E-state index contributed by atoms with van der Waals surface area (Å²) < 4.78 is 0. The molecule has 0 fully saturated rings. The van der Waals surface area contributed by atoms with Crippen LogP contribution >= 0.6 is 0 Å². The summed E-state index contributed by atoms with van der Waals surface area (Å²) in [6.45, 7) is 2.75. The van der Waals surface area contributed by atoms with Crippen molar-refractivity contribution in [3.63, 3.8) is 0 Å². The Morgan fingerprint density at radius 2 is 1.59 bits per heavy atom. The Balaban J connectivity index is 1.55. The minimum atomic E-state index is -0.500. The quantitative estimate of drug-likeness (QED) is 0.324. The van der Waals surface area contributed by atoms with Crippen molar-refractivity contribution in [3.8, 4) is 0 Å². The highest BCUT2D eigenvalue weighted by Gasteiger charge is 2.32. The first-order chi connectivity index (χ1) is 18.0. The average Bonchev–Trinajstić information content (AvgIpc) is 3.10. The van der Waals surface area contributed by atoms with Crippen LogP contribution in [0.3, 0.4) is 0 Å². The molecule has 1 unspecified atom stereocenters. The summed E-state index contributed by atoms with van der Waals surface area (Å²) in [4.78, 5) is 40.3. The monoisotopic (exact) mass is 498 g/mol. The molecule has 0 saturated heterocycles. The number of anilines is 2. The largest absolute Gasteiger partial charge is 0.362 e. The number of carbonyl (C=O) groups is 3. The third kappa shape index (κ3) is 6.97. The number of nitrogens with zero attached hydrogens (tertiary/aromatic N) is 2. The molecule has 0 saturated carbocycles. The first-order valence-corrected chi connectivity index (χ1v) is 12.8. The molecule has 7 nitrogen and oxygen atoms in total. The summed E-state index contributed by atoms with van der Waals surface area (Å²) in [5.41, 5.74) is 6.62. The molecule has 1 heterocycles. The van der Waals surface area contributed by atoms with Gasteiger partial charge in [0.2, 0.25) is 5.91 Å². The smallest absolute Gasteiger partial charge is 0.258 e. The first-order valence-electron chi connectivity index (χ1n) is 12.8. The second kappa shape index (κ2) is 12.7. The number of rotatable bonds is 10. The number of benzene rings is 3. The molecule has 0 spiro atoms. The molecule has 4 rings (SSSR count). The van der Waals surface area contributed by atoms with Crippen LogP contribution in [0.2, 0.25) is 0 Å². The van der Waals surface area contributed by atoms with Gasteiger partial charge in [-0.3, -0.25) is 24.8 Å². The van der Waals surface area contributed by atoms with Gasteiger partial charge >= 0.3 is 0 Å². The summed E-state index contributed by atoms with van der Waals surface area (Å²) in [7, 11) is 0. The van der Waals surface area contributed by atoms with E-state index < -0.39 is 6.04 Å². The molecule has 0 bridgehead atoms. The van der Waals surface area contributed by atoms with Gasteiger partial charge in [0, 0.05) is 31.3 Å². The zero-order chi connectivity index (χ0) is 26.0. The van der Waals surface area contributed by atoms with Crippen LogP contribution in [-0.2, 0) is 16.0 Å². The zero-order valence-corrected chi connectivity index (χ0v) is 21.2. The van der Waals surface area contributed by atoms with Crippen molar-refractivity contribution in [2.75, 3.05) is 29.5 Å². The summed E-state index contributed by atoms with van der Waals surface area (Å²) in [6.07, 6.45) is 3.04. The Bertz CT molecular complexity index is 1200. The minimum Gasteiger partial charge on any atom is -0.362 e. The van der Waals surface area contributed by atoms with E-state index in [-0.39, 0.29) is 24.1 Å². The summed E-state index contributed by atoms with van der Waals surface area (Å²) in [6, 6.07) is 26.5. The number of aryl methyl sites for hydroxylation is 1. The fraction of sp³-hybridized carbons (Fsp3) is 0.300. The van der Waals surface area contributed by atoms with Crippen LogP contribution in [-0.4, -0.2) is 43.3 Å². The Morgan fingerprint density at radius 3 is 2.32 bits per heavy atom. The van der Waals surface area contributed by atoms with Crippen LogP contribution in [0.1, 0.15) is 42.1 Å². The lowest BCUT2D eigenvalue weighted by atomic mass is 9.99. The van der Waals surface area contributed by atoms with E-state index in [9.17, 15) is 14.4 Å². The average molecular weight is 499 g/mol. The highest BCUT2D eigenvalue weighted by atomic mass is 16.2. The molecule has 2 amide bonds. The number of ketones is 1. The van der Waals surface area contributed by atoms with Crippen molar-refractivity contribution in [1.82, 2.24) is 10.7 Å². The first kappa shape index (κ1) is 25.9. The summed E-state index contributed by atoms with van der Waals surface area (Å²) >= 11 is 0. The van der Waals surface area contributed by atoms with E-state index in [4.69, 9.17) is 0 Å². The van der Waals surface area contributed by atoms with Gasteiger partial charge in [-0.2, -0.15) is 0 Å². The number of Topliss-reactive ketones (excluding diaryl/α,β-unsaturated/α-hetero) is 1. The Kier molecular flexibility index (Phi) is 8.92. The highest BCUT2D eigenvalue weighted by molar-refractivity contribution is 6.02. The lowest BCUT2D eigenvalue weighted by molar-refractivity contribution is -0.120. The molecule has 37 heavy (non-hydrogen) atoms. The third-order valence-corrected chi connectivity index (χ3v) is 6.53. The molecular formula is C30H34N4O3. The van der Waals surface area contributed by atoms with E-state index >= 15 is 0 Å². The maximum atomic E-state index is 13.6. The second-order valence-electron chi connectivity index (χ2n) is 9.27. The number of hydrogen-bond acceptors (Lipinski definition) is 5. The van der Waals surface area contributed by atoms with Crippen molar-refractivity contribution in [2.24, 2.45) is 0 Å². The molecule has 192 valence electrons. The molecule has 2 N–H and O–H groups in total. The fourth-order valence-corrected chi connectivity index (χ4v) is 4.74. The number of carbonyl (C=O) groups excluding carboxylic acids is 3. The summed E-state index contributed by atoms with van der Waals surface area (Å²) in [5, 5.41) is 4.59. The minimum absolute atomic E-state index is 0.00664. The highest BCUT2D eigenvalue weighted by Crippen LogP contribution is 2.30. The number of amides is 2. The van der Waals surface area contributed by atoms with E-state index in [1.165, 1.54) is 6.92 Å². The predicted molar refractivity (Wildman–Crippen MR) is 147 cm³/mol. The SMILES string of the molecule is CC(=O)NCCCN(CC(=O)NN1c2ccccc2CCCC1C(=O)c1ccccc1)c1ccccc1. The Hall–Kier alpha value is -4.13. The van der Waals surface area contributed by atoms with Crippen LogP contribution in [0.5, 0.6) is 0 Å². The van der Waals surface area contributed by atoms with E-state index in [1.54, 1.807) is 5.01 Å². The van der Waals surface area contributed by atoms with Crippen LogP contribution in [0.25, 0.3) is 0 Å². The third-order valence-electron chi connectivity index (χ3n) is 6.53. The van der Waals surface area contributed by atoms with Gasteiger partial charge in [-0.25, -0.2) is 0 Å². The predicted octanol–water partition coefficient (Wildman–Crippen LogP) is 4.14. The Labute approximate surface area is 218 Å². The van der Waals surface area contributed by atoms with E-state index in [0.29, 0.717) is 31.5 Å². The van der Waals surface area contributed by atoms with E-state index in [1.807, 2.05) is 83.8 Å². The van der Waals surface area contributed by atoms with Crippen LogP contribution in [0.4, 0.5) is 11.4 Å². The lowest BCUT2D eigenvalue weighted by Crippen LogP contribution is -2.54. The van der Waals surface area contributed by atoms with Crippen molar-refractivity contribution >= 4 is 29.0 Å². The topological polar surface area (TPSA) is 81.8 Å². The second-order valence-corrected chi connectivity index (χ2v) is 9.27. The van der Waals surface area contributed by atoms with Crippen LogP contribution < -0.4 is 20.7 Å². The number of hydrogen-bond donors (Lipinski definition) is 2. The molecule has 3 aromatic rings. The molecule has 7 heteroatoms. The molecule has 1 atom stereocenters. The lowest BCUT2D eigenvalue weighted by Gasteiger charge is -2.33. The normalized spacial score (nSPS) is 14.7. The van der Waals surface area contributed by atoms with Crippen molar-refractivity contribution in [2.45, 2.75) is 38.6 Å². The molecule has 3 aromatic carbocycles. The maximum Gasteiger partial charge on any atom is 0.258 e. The number of fused-ring (bicyclic) bond motifs is 1. The molecular weight excluding hydrogens is 464 g/mol. The number of nitrogens with one attached hydrogen (secondary N) is 2. The van der Waals surface area contributed by atoms with E-state index in [0.717, 1.165) is 29.8 Å². The maximum absolute atomic E-state index is 13.6. The fourth-order valence-electron chi connectivity index (χ4n) is 4.74. The van der Waals surface area contributed by atoms with Gasteiger partial charge in [0.15, 0.2) is 5.78 Å². The van der Waals surface area contributed by atoms with Gasteiger partial charge in [-0.1, -0.05) is 66.7 Å². The molecule has 1 aliphatic heterocycles. The van der Waals surface area contributed by atoms with E-state index in [2.05, 4.69) is 16.8 Å². The van der Waals surface area contributed by atoms with Crippen molar-refractivity contribution < 1.29 is 14.4 Å². The van der Waals surface area contributed by atoms with Gasteiger partial charge < -0.3 is 10.2 Å². The molecule has 0 aliphatic carbocycles. The molecule has 0 radical (unpaired) electrons. The van der Waals surface area contributed by atoms with Gasteiger partial charge in [-0.05, 0) is 49.4 Å². The number of para-hydroxylation sites is 2. The van der Waals surface area contributed by atoms with Crippen LogP contribution in [0, 0.1) is 0 Å². The Morgan fingerprint density at radius 1 is 0.919 bits per heavy atom. The van der Waals surface area contributed by atoms with Crippen molar-refractivity contribution in [1.29, 1.82) is 0 Å². The van der Waals surface area contributed by atoms with Gasteiger partial charge in [-0.15, -0.1) is 0 Å².